The summed E-state index contributed by atoms with van der Waals surface area (Å²) in [6.45, 7) is 0. The van der Waals surface area contributed by atoms with Gasteiger partial charge in [0.25, 0.3) is 5.91 Å². The first-order chi connectivity index (χ1) is 13.1. The molecule has 138 valence electrons. The Morgan fingerprint density at radius 1 is 1.04 bits per heavy atom. The molecule has 27 heavy (non-hydrogen) atoms. The summed E-state index contributed by atoms with van der Waals surface area (Å²) in [4.78, 5) is 29.0. The Morgan fingerprint density at radius 2 is 1.78 bits per heavy atom. The van der Waals surface area contributed by atoms with E-state index in [9.17, 15) is 18.9 Å². The molecule has 0 bridgehead atoms. The summed E-state index contributed by atoms with van der Waals surface area (Å²) in [7, 11) is -1.33. The Bertz CT molecular complexity index is 986. The van der Waals surface area contributed by atoms with Gasteiger partial charge in [0.1, 0.15) is 6.04 Å². The van der Waals surface area contributed by atoms with Gasteiger partial charge < -0.3 is 10.4 Å². The lowest BCUT2D eigenvalue weighted by molar-refractivity contribution is -0.139. The topological polar surface area (TPSA) is 96.4 Å². The van der Waals surface area contributed by atoms with Crippen LogP contribution in [-0.4, -0.2) is 38.0 Å². The number of nitrogens with one attached hydrogen (secondary N) is 1. The number of benzene rings is 2. The maximum Gasteiger partial charge on any atom is 0.326 e. The number of fused-ring (bicyclic) bond motifs is 1. The second kappa shape index (κ2) is 8.55. The Balaban J connectivity index is 1.71. The van der Waals surface area contributed by atoms with Crippen LogP contribution in [0.25, 0.3) is 10.9 Å². The van der Waals surface area contributed by atoms with Gasteiger partial charge >= 0.3 is 5.97 Å². The number of carbonyl (C=O) groups excluding carboxylic acids is 1. The number of rotatable bonds is 7. The maximum atomic E-state index is 12.6. The zero-order chi connectivity index (χ0) is 19.2. The van der Waals surface area contributed by atoms with Crippen LogP contribution in [0, 0.1) is 0 Å². The van der Waals surface area contributed by atoms with E-state index in [4.69, 9.17) is 0 Å². The number of para-hydroxylation sites is 1. The highest BCUT2D eigenvalue weighted by atomic mass is 32.2. The first-order valence-electron chi connectivity index (χ1n) is 8.37. The molecule has 1 heterocycles. The van der Waals surface area contributed by atoms with E-state index in [1.807, 2.05) is 18.2 Å². The van der Waals surface area contributed by atoms with Crippen molar-refractivity contribution >= 4 is 33.6 Å². The monoisotopic (exact) mass is 382 g/mol. The number of carbonyl (C=O) groups is 2. The van der Waals surface area contributed by atoms with E-state index in [1.54, 1.807) is 48.7 Å². The normalized spacial score (nSPS) is 13.0. The molecule has 3 aromatic rings. The number of amides is 1. The van der Waals surface area contributed by atoms with Crippen LogP contribution >= 0.6 is 0 Å². The molecule has 0 unspecified atom stereocenters. The maximum absolute atomic E-state index is 12.6. The lowest BCUT2D eigenvalue weighted by Gasteiger charge is -2.15. The quantitative estimate of drug-likeness (QED) is 0.655. The Hall–Kier alpha value is -3.06. The molecule has 0 fully saturated rings. The summed E-state index contributed by atoms with van der Waals surface area (Å²) in [5.74, 6) is -1.55. The van der Waals surface area contributed by atoms with Gasteiger partial charge in [0.2, 0.25) is 0 Å². The van der Waals surface area contributed by atoms with Crippen LogP contribution in [0.3, 0.4) is 0 Å². The standard InChI is InChI=1S/C20H18N2O4S/c23-19(16-10-4-6-14-7-5-12-21-18(14)16)22-17(20(24)25)11-13-27(26)15-8-2-1-3-9-15/h1-10,12,17H,11,13H2,(H,22,23)(H,24,25)/t17-,27+/m0/s1. The molecule has 1 aromatic heterocycles. The predicted octanol–water partition coefficient (Wildman–Crippen LogP) is 2.62. The van der Waals surface area contributed by atoms with E-state index >= 15 is 0 Å². The number of nitrogens with zero attached hydrogens (tertiary/aromatic N) is 1. The van der Waals surface area contributed by atoms with Crippen molar-refractivity contribution in [2.45, 2.75) is 17.4 Å². The fourth-order valence-electron chi connectivity index (χ4n) is 2.70. The highest BCUT2D eigenvalue weighted by Crippen LogP contribution is 2.16. The number of hydrogen-bond acceptors (Lipinski definition) is 4. The predicted molar refractivity (Wildman–Crippen MR) is 103 cm³/mol. The molecule has 1 amide bonds. The number of carboxylic acid groups (broad SMARTS) is 1. The van der Waals surface area contributed by atoms with Crippen LogP contribution in [0.5, 0.6) is 0 Å². The molecular formula is C20H18N2O4S. The van der Waals surface area contributed by atoms with Crippen molar-refractivity contribution in [2.75, 3.05) is 5.75 Å². The molecule has 2 atom stereocenters. The molecule has 6 nitrogen and oxygen atoms in total. The van der Waals surface area contributed by atoms with E-state index in [1.165, 1.54) is 0 Å². The van der Waals surface area contributed by atoms with E-state index in [0.717, 1.165) is 5.39 Å². The van der Waals surface area contributed by atoms with E-state index in [-0.39, 0.29) is 12.2 Å². The van der Waals surface area contributed by atoms with Gasteiger partial charge in [-0.25, -0.2) is 4.79 Å². The van der Waals surface area contributed by atoms with Crippen molar-refractivity contribution in [3.05, 3.63) is 72.4 Å². The second-order valence-corrected chi connectivity index (χ2v) is 7.47. The van der Waals surface area contributed by atoms with Gasteiger partial charge in [-0.15, -0.1) is 0 Å². The number of carboxylic acids is 1. The van der Waals surface area contributed by atoms with Crippen LogP contribution in [0.4, 0.5) is 0 Å². The third-order valence-corrected chi connectivity index (χ3v) is 5.48. The van der Waals surface area contributed by atoms with E-state index in [0.29, 0.717) is 16.0 Å². The minimum Gasteiger partial charge on any atom is -0.480 e. The minimum atomic E-state index is -1.33. The van der Waals surface area contributed by atoms with Crippen molar-refractivity contribution in [2.24, 2.45) is 0 Å². The number of aliphatic carboxylic acids is 1. The van der Waals surface area contributed by atoms with Crippen LogP contribution in [0.1, 0.15) is 16.8 Å². The summed E-state index contributed by atoms with van der Waals surface area (Å²) in [5.41, 5.74) is 0.818. The minimum absolute atomic E-state index is 0.0563. The largest absolute Gasteiger partial charge is 0.480 e. The summed E-state index contributed by atoms with van der Waals surface area (Å²) >= 11 is 0. The first kappa shape index (κ1) is 18.7. The van der Waals surface area contributed by atoms with Crippen molar-refractivity contribution < 1.29 is 18.9 Å². The molecule has 0 saturated carbocycles. The Kier molecular flexibility index (Phi) is 5.93. The summed E-state index contributed by atoms with van der Waals surface area (Å²) in [5, 5.41) is 12.7. The van der Waals surface area contributed by atoms with Gasteiger partial charge in [0.15, 0.2) is 0 Å². The van der Waals surface area contributed by atoms with Crippen molar-refractivity contribution in [1.82, 2.24) is 10.3 Å². The number of aromatic nitrogens is 1. The van der Waals surface area contributed by atoms with Gasteiger partial charge in [-0.05, 0) is 30.7 Å². The van der Waals surface area contributed by atoms with Crippen LogP contribution in [0.2, 0.25) is 0 Å². The lowest BCUT2D eigenvalue weighted by atomic mass is 10.1. The van der Waals surface area contributed by atoms with Crippen LogP contribution < -0.4 is 5.32 Å². The third-order valence-electron chi connectivity index (χ3n) is 4.08. The van der Waals surface area contributed by atoms with Gasteiger partial charge in [-0.2, -0.15) is 0 Å². The van der Waals surface area contributed by atoms with Crippen LogP contribution in [-0.2, 0) is 15.6 Å². The van der Waals surface area contributed by atoms with Gasteiger partial charge in [0.05, 0.1) is 21.9 Å². The molecule has 0 saturated heterocycles. The summed E-state index contributed by atoms with van der Waals surface area (Å²) in [6, 6.07) is 16.4. The van der Waals surface area contributed by atoms with Gasteiger partial charge in [0, 0.05) is 22.2 Å². The first-order valence-corrected chi connectivity index (χ1v) is 9.69. The summed E-state index contributed by atoms with van der Waals surface area (Å²) in [6.07, 6.45) is 1.64. The van der Waals surface area contributed by atoms with Gasteiger partial charge in [-0.1, -0.05) is 36.4 Å². The van der Waals surface area contributed by atoms with Crippen molar-refractivity contribution in [3.63, 3.8) is 0 Å². The third kappa shape index (κ3) is 4.57. The second-order valence-electron chi connectivity index (χ2n) is 5.90. The number of hydrogen-bond donors (Lipinski definition) is 2. The zero-order valence-electron chi connectivity index (χ0n) is 14.4. The average Bonchev–Trinajstić information content (AvgIpc) is 2.70. The lowest BCUT2D eigenvalue weighted by Crippen LogP contribution is -2.41. The fraction of sp³-hybridized carbons (Fsp3) is 0.150. The van der Waals surface area contributed by atoms with Gasteiger partial charge in [-0.3, -0.25) is 14.0 Å². The number of pyridine rings is 1. The molecule has 0 aliphatic heterocycles. The molecule has 7 heteroatoms. The molecule has 0 spiro atoms. The highest BCUT2D eigenvalue weighted by molar-refractivity contribution is 7.85. The highest BCUT2D eigenvalue weighted by Gasteiger charge is 2.22. The Morgan fingerprint density at radius 3 is 2.52 bits per heavy atom. The summed E-state index contributed by atoms with van der Waals surface area (Å²) < 4.78 is 12.3. The molecule has 0 aliphatic rings. The van der Waals surface area contributed by atoms with Crippen LogP contribution in [0.15, 0.2) is 71.8 Å². The average molecular weight is 382 g/mol. The molecule has 3 rings (SSSR count). The van der Waals surface area contributed by atoms with E-state index in [2.05, 4.69) is 10.3 Å². The fourth-order valence-corrected chi connectivity index (χ4v) is 3.84. The Labute approximate surface area is 158 Å². The smallest absolute Gasteiger partial charge is 0.326 e. The van der Waals surface area contributed by atoms with Crippen molar-refractivity contribution in [1.29, 1.82) is 0 Å². The molecule has 2 aromatic carbocycles. The molecule has 0 aliphatic carbocycles. The molecular weight excluding hydrogens is 364 g/mol. The van der Waals surface area contributed by atoms with E-state index < -0.39 is 28.7 Å². The molecule has 2 N–H and O–H groups in total. The zero-order valence-corrected chi connectivity index (χ0v) is 15.2. The molecule has 0 radical (unpaired) electrons. The SMILES string of the molecule is O=C(N[C@@H](CC[S@@](=O)c1ccccc1)C(=O)O)c1cccc2cccnc12. The van der Waals surface area contributed by atoms with Crippen molar-refractivity contribution in [3.8, 4) is 0 Å².